The minimum atomic E-state index is -3.59. The van der Waals surface area contributed by atoms with Crippen LogP contribution in [0.3, 0.4) is 0 Å². The maximum Gasteiger partial charge on any atom is 0.407 e. The third kappa shape index (κ3) is 5.93. The number of pyridine rings is 1. The van der Waals surface area contributed by atoms with E-state index in [9.17, 15) is 13.2 Å². The minimum Gasteiger partial charge on any atom is -0.444 e. The van der Waals surface area contributed by atoms with Crippen LogP contribution in [-0.4, -0.2) is 61.6 Å². The van der Waals surface area contributed by atoms with E-state index in [4.69, 9.17) is 4.74 Å². The smallest absolute Gasteiger partial charge is 0.407 e. The zero-order valence-electron chi connectivity index (χ0n) is 18.6. The molecule has 0 aliphatic carbocycles. The number of amides is 1. The zero-order chi connectivity index (χ0) is 22.6. The van der Waals surface area contributed by atoms with E-state index in [-0.39, 0.29) is 6.04 Å². The number of sulfonamides is 1. The lowest BCUT2D eigenvalue weighted by molar-refractivity contribution is 0.0527. The fraction of sp³-hybridized carbons (Fsp3) is 0.545. The van der Waals surface area contributed by atoms with Gasteiger partial charge in [-0.2, -0.15) is 4.31 Å². The Kier molecular flexibility index (Phi) is 7.18. The highest BCUT2D eigenvalue weighted by Crippen LogP contribution is 2.29. The van der Waals surface area contributed by atoms with Gasteiger partial charge in [0, 0.05) is 48.8 Å². The van der Waals surface area contributed by atoms with Crippen LogP contribution in [0, 0.1) is 6.92 Å². The van der Waals surface area contributed by atoms with Gasteiger partial charge in [-0.25, -0.2) is 13.2 Å². The average molecular weight is 449 g/mol. The Morgan fingerprint density at radius 2 is 2.03 bits per heavy atom. The molecule has 1 aromatic heterocycles. The normalized spacial score (nSPS) is 17.7. The first-order chi connectivity index (χ1) is 14.6. The van der Waals surface area contributed by atoms with Crippen molar-refractivity contribution in [3.05, 3.63) is 36.2 Å². The maximum atomic E-state index is 13.3. The van der Waals surface area contributed by atoms with Gasteiger partial charge in [-0.15, -0.1) is 0 Å². The van der Waals surface area contributed by atoms with Crippen LogP contribution < -0.4 is 10.6 Å². The number of aromatic nitrogens is 1. The number of carbonyl (C=O) groups is 1. The minimum absolute atomic E-state index is 0.0917. The van der Waals surface area contributed by atoms with Crippen molar-refractivity contribution in [3.63, 3.8) is 0 Å². The summed E-state index contributed by atoms with van der Waals surface area (Å²) in [4.78, 5) is 16.2. The summed E-state index contributed by atoms with van der Waals surface area (Å²) in [5.41, 5.74) is 0.336. The lowest BCUT2D eigenvalue weighted by Crippen LogP contribution is -2.37. The number of benzene rings is 1. The highest BCUT2D eigenvalue weighted by Gasteiger charge is 2.33. The molecule has 0 bridgehead atoms. The molecule has 8 nitrogen and oxygen atoms in total. The Bertz CT molecular complexity index is 1030. The third-order valence-corrected chi connectivity index (χ3v) is 7.07. The molecule has 0 spiro atoms. The molecule has 1 amide bonds. The number of hydrogen-bond acceptors (Lipinski definition) is 6. The van der Waals surface area contributed by atoms with Crippen molar-refractivity contribution in [2.24, 2.45) is 0 Å². The van der Waals surface area contributed by atoms with Crippen LogP contribution in [0.4, 0.5) is 4.79 Å². The molecule has 1 aliphatic heterocycles. The molecule has 0 unspecified atom stereocenters. The van der Waals surface area contributed by atoms with Gasteiger partial charge in [0.2, 0.25) is 10.0 Å². The van der Waals surface area contributed by atoms with Crippen molar-refractivity contribution < 1.29 is 17.9 Å². The molecule has 0 saturated carbocycles. The summed E-state index contributed by atoms with van der Waals surface area (Å²) in [5, 5.41) is 7.69. The highest BCUT2D eigenvalue weighted by atomic mass is 32.2. The quantitative estimate of drug-likeness (QED) is 0.632. The number of fused-ring (bicyclic) bond motifs is 1. The number of hydrogen-bond donors (Lipinski definition) is 2. The van der Waals surface area contributed by atoms with Crippen molar-refractivity contribution in [1.82, 2.24) is 19.9 Å². The molecular formula is C22H32N4O4S. The van der Waals surface area contributed by atoms with E-state index in [1.54, 1.807) is 28.8 Å². The predicted molar refractivity (Wildman–Crippen MR) is 121 cm³/mol. The molecule has 1 aromatic carbocycles. The zero-order valence-corrected chi connectivity index (χ0v) is 19.5. The van der Waals surface area contributed by atoms with Gasteiger partial charge < -0.3 is 15.4 Å². The van der Waals surface area contributed by atoms with Gasteiger partial charge in [-0.1, -0.05) is 12.1 Å². The van der Waals surface area contributed by atoms with Gasteiger partial charge >= 0.3 is 6.09 Å². The topological polar surface area (TPSA) is 101 Å². The highest BCUT2D eigenvalue weighted by molar-refractivity contribution is 7.89. The van der Waals surface area contributed by atoms with E-state index < -0.39 is 21.7 Å². The molecule has 2 N–H and O–H groups in total. The third-order valence-electron chi connectivity index (χ3n) is 5.16. The van der Waals surface area contributed by atoms with E-state index in [2.05, 4.69) is 15.6 Å². The second-order valence-electron chi connectivity index (χ2n) is 8.90. The van der Waals surface area contributed by atoms with Crippen LogP contribution in [0.25, 0.3) is 10.8 Å². The van der Waals surface area contributed by atoms with Crippen LogP contribution in [0.1, 0.15) is 39.2 Å². The molecule has 31 heavy (non-hydrogen) atoms. The molecule has 1 fully saturated rings. The lowest BCUT2D eigenvalue weighted by atomic mass is 10.1. The molecule has 3 rings (SSSR count). The van der Waals surface area contributed by atoms with Crippen molar-refractivity contribution in [2.45, 2.75) is 57.1 Å². The van der Waals surface area contributed by atoms with Gasteiger partial charge in [-0.3, -0.25) is 4.98 Å². The Morgan fingerprint density at radius 1 is 1.26 bits per heavy atom. The van der Waals surface area contributed by atoms with Gasteiger partial charge in [-0.05, 0) is 58.7 Å². The van der Waals surface area contributed by atoms with E-state index >= 15 is 0 Å². The molecule has 9 heteroatoms. The number of alkyl carbamates (subject to hydrolysis) is 1. The molecule has 1 atom stereocenters. The van der Waals surface area contributed by atoms with Crippen LogP contribution in [-0.2, 0) is 14.8 Å². The van der Waals surface area contributed by atoms with E-state index in [1.165, 1.54) is 0 Å². The number of ether oxygens (including phenoxy) is 1. The summed E-state index contributed by atoms with van der Waals surface area (Å²) in [7, 11) is -3.59. The summed E-state index contributed by atoms with van der Waals surface area (Å²) in [5.74, 6) is 0. The lowest BCUT2D eigenvalue weighted by Gasteiger charge is -2.20. The first-order valence-electron chi connectivity index (χ1n) is 10.6. The Balaban J connectivity index is 1.53. The van der Waals surface area contributed by atoms with Crippen LogP contribution >= 0.6 is 0 Å². The van der Waals surface area contributed by atoms with Crippen molar-refractivity contribution >= 4 is 26.9 Å². The summed E-state index contributed by atoms with van der Waals surface area (Å²) >= 11 is 0. The van der Waals surface area contributed by atoms with Crippen LogP contribution in [0.15, 0.2) is 35.5 Å². The molecular weight excluding hydrogens is 416 g/mol. The number of carbonyl (C=O) groups excluding carboxylic acids is 1. The number of nitrogens with zero attached hydrogens (tertiary/aromatic N) is 2. The molecule has 170 valence electrons. The number of rotatable bonds is 7. The average Bonchev–Trinajstić information content (AvgIpc) is 3.16. The van der Waals surface area contributed by atoms with Gasteiger partial charge in [0.05, 0.1) is 4.90 Å². The standard InChI is InChI=1S/C22H32N4O4S/c1-16-13-23-14-17-7-5-8-19(20(16)17)31(28,29)26-12-9-18(15-26)24-10-6-11-25-21(27)30-22(2,3)4/h5,7-8,13-14,18,24H,6,9-12,15H2,1-4H3,(H,25,27)/t18-/m0/s1. The van der Waals surface area contributed by atoms with E-state index in [0.717, 1.165) is 29.2 Å². The van der Waals surface area contributed by atoms with Crippen molar-refractivity contribution in [2.75, 3.05) is 26.2 Å². The fourth-order valence-corrected chi connectivity index (χ4v) is 5.53. The maximum absolute atomic E-state index is 13.3. The molecule has 2 heterocycles. The van der Waals surface area contributed by atoms with Gasteiger partial charge in [0.15, 0.2) is 0 Å². The molecule has 1 aliphatic rings. The second kappa shape index (κ2) is 9.50. The fourth-order valence-electron chi connectivity index (χ4n) is 3.74. The SMILES string of the molecule is Cc1cncc2cccc(S(=O)(=O)N3CC[C@H](NCCCNC(=O)OC(C)(C)C)C3)c12. The summed E-state index contributed by atoms with van der Waals surface area (Å²) in [6.45, 7) is 9.46. The van der Waals surface area contributed by atoms with Gasteiger partial charge in [0.1, 0.15) is 5.60 Å². The molecule has 1 saturated heterocycles. The molecule has 2 aromatic rings. The largest absolute Gasteiger partial charge is 0.444 e. The Morgan fingerprint density at radius 3 is 2.77 bits per heavy atom. The summed E-state index contributed by atoms with van der Waals surface area (Å²) in [6, 6.07) is 5.41. The van der Waals surface area contributed by atoms with Crippen molar-refractivity contribution in [1.29, 1.82) is 0 Å². The Labute approximate surface area is 184 Å². The van der Waals surface area contributed by atoms with Crippen LogP contribution in [0.5, 0.6) is 0 Å². The van der Waals surface area contributed by atoms with Crippen LogP contribution in [0.2, 0.25) is 0 Å². The van der Waals surface area contributed by atoms with E-state index in [0.29, 0.717) is 31.1 Å². The number of aryl methyl sites for hydroxylation is 1. The van der Waals surface area contributed by atoms with Gasteiger partial charge in [0.25, 0.3) is 0 Å². The first-order valence-corrected chi connectivity index (χ1v) is 12.1. The van der Waals surface area contributed by atoms with E-state index in [1.807, 2.05) is 33.8 Å². The number of nitrogens with one attached hydrogen (secondary N) is 2. The Hall–Kier alpha value is -2.23. The first kappa shape index (κ1) is 23.4. The summed E-state index contributed by atoms with van der Waals surface area (Å²) < 4.78 is 33.4. The molecule has 0 radical (unpaired) electrons. The predicted octanol–water partition coefficient (Wildman–Crippen LogP) is 2.81. The monoisotopic (exact) mass is 448 g/mol. The second-order valence-corrected chi connectivity index (χ2v) is 10.8. The van der Waals surface area contributed by atoms with Crippen molar-refractivity contribution in [3.8, 4) is 0 Å². The summed E-state index contributed by atoms with van der Waals surface area (Å²) in [6.07, 6.45) is 4.45.